The summed E-state index contributed by atoms with van der Waals surface area (Å²) in [6.45, 7) is 3.62. The van der Waals surface area contributed by atoms with Crippen LogP contribution in [0.1, 0.15) is 25.5 Å². The molecule has 1 N–H and O–H groups in total. The van der Waals surface area contributed by atoms with Crippen LogP contribution in [0.5, 0.6) is 0 Å². The van der Waals surface area contributed by atoms with Crippen molar-refractivity contribution in [3.63, 3.8) is 0 Å². The number of rotatable bonds is 6. The van der Waals surface area contributed by atoms with Gasteiger partial charge in [0.15, 0.2) is 0 Å². The fourth-order valence-corrected chi connectivity index (χ4v) is 3.52. The Balaban J connectivity index is 2.66. The third kappa shape index (κ3) is 5.88. The van der Waals surface area contributed by atoms with Crippen molar-refractivity contribution in [3.05, 3.63) is 29.8 Å². The maximum Gasteiger partial charge on any atom is 0.317 e. The predicted molar refractivity (Wildman–Crippen MR) is 92.1 cm³/mol. The monoisotopic (exact) mass is 344 g/mol. The number of hydrogen-bond donors (Lipinski definition) is 1. The van der Waals surface area contributed by atoms with Crippen molar-refractivity contribution >= 4 is 27.6 Å². The van der Waals surface area contributed by atoms with Crippen LogP contribution in [0.15, 0.2) is 29.2 Å². The van der Waals surface area contributed by atoms with Crippen LogP contribution in [-0.4, -0.2) is 50.7 Å². The lowest BCUT2D eigenvalue weighted by Gasteiger charge is -2.26. The number of thioether (sulfide) groups is 1. The lowest BCUT2D eigenvalue weighted by atomic mass is 10.1. The van der Waals surface area contributed by atoms with Gasteiger partial charge in [-0.05, 0) is 37.8 Å². The summed E-state index contributed by atoms with van der Waals surface area (Å²) in [5.41, 5.74) is 1.01. The van der Waals surface area contributed by atoms with Crippen molar-refractivity contribution in [2.24, 2.45) is 0 Å². The van der Waals surface area contributed by atoms with Crippen molar-refractivity contribution in [1.29, 1.82) is 0 Å². The molecule has 5 nitrogen and oxygen atoms in total. The third-order valence-corrected chi connectivity index (χ3v) is 5.31. The summed E-state index contributed by atoms with van der Waals surface area (Å²) >= 11 is 1.66. The number of urea groups is 1. The molecule has 0 aliphatic carbocycles. The molecule has 0 radical (unpaired) electrons. The Morgan fingerprint density at radius 1 is 1.27 bits per heavy atom. The van der Waals surface area contributed by atoms with Gasteiger partial charge in [0, 0.05) is 24.2 Å². The van der Waals surface area contributed by atoms with Crippen LogP contribution in [0.2, 0.25) is 0 Å². The quantitative estimate of drug-likeness (QED) is 0.806. The standard InChI is InChI=1S/C15H24N2O3S2/c1-11(10-22(5,19)20)17(3)15(18)16-12(2)13-6-8-14(21-4)9-7-13/h6-9,11-12H,10H2,1-5H3,(H,16,18)/t11-,12+/m1/s1. The maximum atomic E-state index is 12.2. The van der Waals surface area contributed by atoms with Gasteiger partial charge in [0.1, 0.15) is 9.84 Å². The molecule has 0 heterocycles. The molecule has 0 unspecified atom stereocenters. The van der Waals surface area contributed by atoms with Crippen LogP contribution in [-0.2, 0) is 9.84 Å². The summed E-state index contributed by atoms with van der Waals surface area (Å²) in [5.74, 6) is -0.0479. The van der Waals surface area contributed by atoms with Crippen molar-refractivity contribution in [2.45, 2.75) is 30.8 Å². The van der Waals surface area contributed by atoms with E-state index in [4.69, 9.17) is 0 Å². The third-order valence-electron chi connectivity index (χ3n) is 3.48. The largest absolute Gasteiger partial charge is 0.331 e. The molecule has 1 rings (SSSR count). The SMILES string of the molecule is CSc1ccc([C@H](C)NC(=O)N(C)[C@H](C)CS(C)(=O)=O)cc1. The van der Waals surface area contributed by atoms with E-state index in [1.54, 1.807) is 25.7 Å². The molecule has 2 atom stereocenters. The smallest absolute Gasteiger partial charge is 0.317 e. The Morgan fingerprint density at radius 2 is 1.82 bits per heavy atom. The molecule has 0 bridgehead atoms. The molecule has 22 heavy (non-hydrogen) atoms. The van der Waals surface area contributed by atoms with Gasteiger partial charge in [0.05, 0.1) is 11.8 Å². The second kappa shape index (κ2) is 7.87. The van der Waals surface area contributed by atoms with E-state index in [0.717, 1.165) is 5.56 Å². The van der Waals surface area contributed by atoms with E-state index in [1.807, 2.05) is 37.4 Å². The van der Waals surface area contributed by atoms with E-state index in [2.05, 4.69) is 5.32 Å². The fourth-order valence-electron chi connectivity index (χ4n) is 2.01. The molecule has 7 heteroatoms. The van der Waals surface area contributed by atoms with Crippen LogP contribution >= 0.6 is 11.8 Å². The lowest BCUT2D eigenvalue weighted by molar-refractivity contribution is 0.195. The van der Waals surface area contributed by atoms with Gasteiger partial charge in [-0.15, -0.1) is 11.8 Å². The first-order valence-corrected chi connectivity index (χ1v) is 10.3. The highest BCUT2D eigenvalue weighted by Crippen LogP contribution is 2.19. The molecule has 0 fully saturated rings. The highest BCUT2D eigenvalue weighted by Gasteiger charge is 2.21. The second-order valence-electron chi connectivity index (χ2n) is 5.50. The Hall–Kier alpha value is -1.21. The van der Waals surface area contributed by atoms with Crippen LogP contribution in [0.3, 0.4) is 0 Å². The minimum absolute atomic E-state index is 0.0479. The second-order valence-corrected chi connectivity index (χ2v) is 8.56. The molecule has 0 aliphatic heterocycles. The van der Waals surface area contributed by atoms with E-state index in [9.17, 15) is 13.2 Å². The molecular weight excluding hydrogens is 320 g/mol. The van der Waals surface area contributed by atoms with Crippen molar-refractivity contribution < 1.29 is 13.2 Å². The Labute approximate surface area is 137 Å². The summed E-state index contributed by atoms with van der Waals surface area (Å²) < 4.78 is 22.6. The van der Waals surface area contributed by atoms with Crippen molar-refractivity contribution in [3.8, 4) is 0 Å². The maximum absolute atomic E-state index is 12.2. The minimum Gasteiger partial charge on any atom is -0.331 e. The number of benzene rings is 1. The first kappa shape index (κ1) is 18.8. The van der Waals surface area contributed by atoms with Gasteiger partial charge < -0.3 is 10.2 Å². The molecule has 0 saturated heterocycles. The van der Waals surface area contributed by atoms with E-state index in [0.29, 0.717) is 0 Å². The molecule has 0 aliphatic rings. The molecule has 0 spiro atoms. The van der Waals surface area contributed by atoms with Gasteiger partial charge in [0.2, 0.25) is 0 Å². The topological polar surface area (TPSA) is 66.5 Å². The molecule has 124 valence electrons. The van der Waals surface area contributed by atoms with Crippen LogP contribution < -0.4 is 5.32 Å². The van der Waals surface area contributed by atoms with Crippen molar-refractivity contribution in [1.82, 2.24) is 10.2 Å². The van der Waals surface area contributed by atoms with E-state index < -0.39 is 9.84 Å². The first-order chi connectivity index (χ1) is 10.1. The molecule has 1 aromatic carbocycles. The first-order valence-electron chi connectivity index (χ1n) is 6.99. The Kier molecular flexibility index (Phi) is 6.74. The summed E-state index contributed by atoms with van der Waals surface area (Å²) in [5, 5.41) is 2.89. The van der Waals surface area contributed by atoms with E-state index >= 15 is 0 Å². The zero-order valence-corrected chi connectivity index (χ0v) is 15.3. The molecular formula is C15H24N2O3S2. The molecule has 0 aromatic heterocycles. The summed E-state index contributed by atoms with van der Waals surface area (Å²) in [6.07, 6.45) is 3.18. The number of hydrogen-bond acceptors (Lipinski definition) is 4. The minimum atomic E-state index is -3.11. The Bertz CT molecular complexity index is 600. The Morgan fingerprint density at radius 3 is 2.27 bits per heavy atom. The van der Waals surface area contributed by atoms with E-state index in [-0.39, 0.29) is 23.9 Å². The number of carbonyl (C=O) groups is 1. The van der Waals surface area contributed by atoms with Crippen LogP contribution in [0, 0.1) is 0 Å². The predicted octanol–water partition coefficient (Wildman–Crippen LogP) is 2.54. The van der Waals surface area contributed by atoms with Crippen LogP contribution in [0.25, 0.3) is 0 Å². The number of amides is 2. The lowest BCUT2D eigenvalue weighted by Crippen LogP contribution is -2.45. The van der Waals surface area contributed by atoms with Crippen molar-refractivity contribution in [2.75, 3.05) is 25.3 Å². The van der Waals surface area contributed by atoms with Gasteiger partial charge in [-0.1, -0.05) is 12.1 Å². The number of carbonyl (C=O) groups excluding carboxylic acids is 1. The molecule has 0 saturated carbocycles. The van der Waals surface area contributed by atoms with Crippen LogP contribution in [0.4, 0.5) is 4.79 Å². The number of nitrogens with zero attached hydrogens (tertiary/aromatic N) is 1. The fraction of sp³-hybridized carbons (Fsp3) is 0.533. The molecule has 2 amide bonds. The zero-order valence-electron chi connectivity index (χ0n) is 13.7. The zero-order chi connectivity index (χ0) is 16.9. The number of sulfone groups is 1. The summed E-state index contributed by atoms with van der Waals surface area (Å²) in [4.78, 5) is 14.8. The van der Waals surface area contributed by atoms with Gasteiger partial charge in [-0.25, -0.2) is 13.2 Å². The van der Waals surface area contributed by atoms with E-state index in [1.165, 1.54) is 16.1 Å². The average Bonchev–Trinajstić information content (AvgIpc) is 2.44. The van der Waals surface area contributed by atoms with Gasteiger partial charge in [0.25, 0.3) is 0 Å². The average molecular weight is 345 g/mol. The summed E-state index contributed by atoms with van der Waals surface area (Å²) in [7, 11) is -1.51. The summed E-state index contributed by atoms with van der Waals surface area (Å²) in [6, 6.07) is 7.19. The highest BCUT2D eigenvalue weighted by atomic mass is 32.2. The molecule has 1 aromatic rings. The highest BCUT2D eigenvalue weighted by molar-refractivity contribution is 7.98. The normalized spacial score (nSPS) is 14.2. The van der Waals surface area contributed by atoms with Gasteiger partial charge in [-0.2, -0.15) is 0 Å². The van der Waals surface area contributed by atoms with Gasteiger partial charge in [-0.3, -0.25) is 0 Å². The van der Waals surface area contributed by atoms with Gasteiger partial charge >= 0.3 is 6.03 Å². The number of nitrogens with one attached hydrogen (secondary N) is 1.